The Morgan fingerprint density at radius 1 is 1.21 bits per heavy atom. The minimum Gasteiger partial charge on any atom is -0.452 e. The summed E-state index contributed by atoms with van der Waals surface area (Å²) in [6.07, 6.45) is -4.03. The average molecular weight is 340 g/mol. The Kier molecular flexibility index (Phi) is 5.90. The zero-order chi connectivity index (χ0) is 17.7. The van der Waals surface area contributed by atoms with Gasteiger partial charge in [-0.05, 0) is 5.56 Å². The number of esters is 2. The summed E-state index contributed by atoms with van der Waals surface area (Å²) in [5, 5.41) is 0. The van der Waals surface area contributed by atoms with Crippen LogP contribution >= 0.6 is 0 Å². The molecule has 2 rings (SSSR count). The molecule has 1 aliphatic rings. The van der Waals surface area contributed by atoms with E-state index in [0.29, 0.717) is 0 Å². The van der Waals surface area contributed by atoms with Gasteiger partial charge >= 0.3 is 11.9 Å². The fourth-order valence-electron chi connectivity index (χ4n) is 2.63. The number of hydrogen-bond donors (Lipinski definition) is 0. The van der Waals surface area contributed by atoms with Crippen LogP contribution in [0.3, 0.4) is 0 Å². The molecule has 132 valence electrons. The van der Waals surface area contributed by atoms with E-state index in [-0.39, 0.29) is 13.2 Å². The van der Waals surface area contributed by atoms with E-state index in [4.69, 9.17) is 18.9 Å². The van der Waals surface area contributed by atoms with Gasteiger partial charge in [0.25, 0.3) is 5.79 Å². The molecule has 0 unspecified atom stereocenters. The number of carbonyl (C=O) groups excluding carboxylic acids is 2. The van der Waals surface area contributed by atoms with Gasteiger partial charge in [0.2, 0.25) is 6.10 Å². The first-order chi connectivity index (χ1) is 11.3. The number of rotatable bonds is 6. The first kappa shape index (κ1) is 18.4. The van der Waals surface area contributed by atoms with E-state index in [2.05, 4.69) is 0 Å². The van der Waals surface area contributed by atoms with Crippen molar-refractivity contribution in [3.8, 4) is 0 Å². The lowest BCUT2D eigenvalue weighted by atomic mass is 10.1. The summed E-state index contributed by atoms with van der Waals surface area (Å²) in [5.74, 6) is -3.03. The highest BCUT2D eigenvalue weighted by Gasteiger charge is 2.57. The summed E-state index contributed by atoms with van der Waals surface area (Å²) in [6, 6.07) is 9.39. The predicted octanol–water partition coefficient (Wildman–Crippen LogP) is 2.15. The first-order valence-corrected chi connectivity index (χ1v) is 7.62. The van der Waals surface area contributed by atoms with Gasteiger partial charge in [-0.25, -0.2) is 4.39 Å². The third-order valence-electron chi connectivity index (χ3n) is 3.58. The highest BCUT2D eigenvalue weighted by atomic mass is 19.1. The summed E-state index contributed by atoms with van der Waals surface area (Å²) in [5.41, 5.74) is 0.935. The molecule has 1 aromatic rings. The van der Waals surface area contributed by atoms with Gasteiger partial charge in [-0.2, -0.15) is 0 Å². The topological polar surface area (TPSA) is 71.1 Å². The van der Waals surface area contributed by atoms with Crippen LogP contribution in [0.2, 0.25) is 0 Å². The maximum atomic E-state index is 14.6. The molecular weight excluding hydrogens is 319 g/mol. The number of hydrogen-bond acceptors (Lipinski definition) is 6. The van der Waals surface area contributed by atoms with E-state index in [1.807, 2.05) is 30.3 Å². The number of ether oxygens (including phenoxy) is 4. The summed E-state index contributed by atoms with van der Waals surface area (Å²) >= 11 is 0. The van der Waals surface area contributed by atoms with Crippen LogP contribution in [0.25, 0.3) is 0 Å². The molecule has 0 aromatic heterocycles. The van der Waals surface area contributed by atoms with Crippen molar-refractivity contribution in [3.63, 3.8) is 0 Å². The van der Waals surface area contributed by atoms with Gasteiger partial charge < -0.3 is 18.9 Å². The van der Waals surface area contributed by atoms with Gasteiger partial charge in [0.15, 0.2) is 6.17 Å². The second-order valence-electron chi connectivity index (χ2n) is 5.74. The van der Waals surface area contributed by atoms with Crippen molar-refractivity contribution >= 4 is 11.9 Å². The molecule has 1 fully saturated rings. The SMILES string of the molecule is CC(=O)O[C@@H]1[C@H](F)[C@@H](COCc2ccccc2)O[C@@]1(C)OC(C)=O. The van der Waals surface area contributed by atoms with Crippen LogP contribution in [-0.4, -0.2) is 42.7 Å². The van der Waals surface area contributed by atoms with E-state index in [9.17, 15) is 14.0 Å². The normalized spacial score (nSPS) is 29.2. The molecule has 0 radical (unpaired) electrons. The van der Waals surface area contributed by atoms with Crippen LogP contribution in [0.15, 0.2) is 30.3 Å². The molecule has 1 heterocycles. The first-order valence-electron chi connectivity index (χ1n) is 7.62. The molecule has 0 saturated carbocycles. The van der Waals surface area contributed by atoms with Crippen LogP contribution in [0.4, 0.5) is 4.39 Å². The monoisotopic (exact) mass is 340 g/mol. The number of halogens is 1. The average Bonchev–Trinajstić information content (AvgIpc) is 2.72. The maximum absolute atomic E-state index is 14.6. The maximum Gasteiger partial charge on any atom is 0.305 e. The Hall–Kier alpha value is -1.99. The minimum absolute atomic E-state index is 0.0648. The second-order valence-corrected chi connectivity index (χ2v) is 5.74. The lowest BCUT2D eigenvalue weighted by Crippen LogP contribution is -2.45. The fourth-order valence-corrected chi connectivity index (χ4v) is 2.63. The largest absolute Gasteiger partial charge is 0.452 e. The van der Waals surface area contributed by atoms with Gasteiger partial charge in [-0.3, -0.25) is 9.59 Å². The van der Waals surface area contributed by atoms with Crippen LogP contribution < -0.4 is 0 Å². The van der Waals surface area contributed by atoms with E-state index < -0.39 is 36.1 Å². The Morgan fingerprint density at radius 2 is 1.88 bits per heavy atom. The van der Waals surface area contributed by atoms with Gasteiger partial charge in [0.1, 0.15) is 6.10 Å². The van der Waals surface area contributed by atoms with Gasteiger partial charge in [0, 0.05) is 20.8 Å². The van der Waals surface area contributed by atoms with Gasteiger partial charge in [-0.1, -0.05) is 30.3 Å². The third kappa shape index (κ3) is 4.52. The molecule has 4 atom stereocenters. The fraction of sp³-hybridized carbons (Fsp3) is 0.529. The number of alkyl halides is 1. The molecule has 1 aromatic carbocycles. The van der Waals surface area contributed by atoms with Crippen molar-refractivity contribution in [2.24, 2.45) is 0 Å². The van der Waals surface area contributed by atoms with Crippen LogP contribution in [0.1, 0.15) is 26.3 Å². The molecule has 0 bridgehead atoms. The van der Waals surface area contributed by atoms with Crippen molar-refractivity contribution in [3.05, 3.63) is 35.9 Å². The van der Waals surface area contributed by atoms with Crippen molar-refractivity contribution in [1.82, 2.24) is 0 Å². The lowest BCUT2D eigenvalue weighted by Gasteiger charge is -2.28. The Morgan fingerprint density at radius 3 is 2.46 bits per heavy atom. The summed E-state index contributed by atoms with van der Waals surface area (Å²) in [4.78, 5) is 22.5. The van der Waals surface area contributed by atoms with Crippen LogP contribution in [0.5, 0.6) is 0 Å². The quantitative estimate of drug-likeness (QED) is 0.739. The Labute approximate surface area is 139 Å². The highest BCUT2D eigenvalue weighted by Crippen LogP contribution is 2.36. The zero-order valence-corrected chi connectivity index (χ0v) is 13.9. The van der Waals surface area contributed by atoms with Crippen molar-refractivity contribution in [1.29, 1.82) is 0 Å². The zero-order valence-electron chi connectivity index (χ0n) is 13.9. The van der Waals surface area contributed by atoms with Crippen molar-refractivity contribution in [2.45, 2.75) is 51.5 Å². The number of benzene rings is 1. The highest BCUT2D eigenvalue weighted by molar-refractivity contribution is 5.67. The van der Waals surface area contributed by atoms with E-state index in [0.717, 1.165) is 12.5 Å². The predicted molar refractivity (Wildman–Crippen MR) is 81.6 cm³/mol. The summed E-state index contributed by atoms with van der Waals surface area (Å²) < 4.78 is 35.6. The van der Waals surface area contributed by atoms with E-state index >= 15 is 0 Å². The molecular formula is C17H21FO6. The summed E-state index contributed by atoms with van der Waals surface area (Å²) in [7, 11) is 0. The van der Waals surface area contributed by atoms with Crippen LogP contribution in [-0.2, 0) is 35.1 Å². The smallest absolute Gasteiger partial charge is 0.305 e. The Bertz CT molecular complexity index is 578. The molecule has 0 spiro atoms. The van der Waals surface area contributed by atoms with Crippen molar-refractivity contribution in [2.75, 3.05) is 6.61 Å². The van der Waals surface area contributed by atoms with Gasteiger partial charge in [0.05, 0.1) is 13.2 Å². The van der Waals surface area contributed by atoms with Crippen LogP contribution in [0, 0.1) is 0 Å². The number of carbonyl (C=O) groups is 2. The molecule has 7 heteroatoms. The minimum atomic E-state index is -1.68. The summed E-state index contributed by atoms with van der Waals surface area (Å²) in [6.45, 7) is 3.92. The molecule has 1 saturated heterocycles. The third-order valence-corrected chi connectivity index (χ3v) is 3.58. The molecule has 6 nitrogen and oxygen atoms in total. The molecule has 24 heavy (non-hydrogen) atoms. The lowest BCUT2D eigenvalue weighted by molar-refractivity contribution is -0.246. The molecule has 1 aliphatic heterocycles. The van der Waals surface area contributed by atoms with Gasteiger partial charge in [-0.15, -0.1) is 0 Å². The van der Waals surface area contributed by atoms with E-state index in [1.165, 1.54) is 13.8 Å². The van der Waals surface area contributed by atoms with E-state index in [1.54, 1.807) is 0 Å². The molecule has 0 N–H and O–H groups in total. The van der Waals surface area contributed by atoms with Crippen molar-refractivity contribution < 1.29 is 32.9 Å². The molecule has 0 amide bonds. The second kappa shape index (κ2) is 7.72. The molecule has 0 aliphatic carbocycles. The Balaban J connectivity index is 2.00. The standard InChI is InChI=1S/C17H21FO6/c1-11(19)22-16-15(18)14(24-17(16,3)23-12(2)20)10-21-9-13-7-5-4-6-8-13/h4-8,14-16H,9-10H2,1-3H3/t14-,15-,16-,17-/m1/s1.